The van der Waals surface area contributed by atoms with Crippen LogP contribution in [0, 0.1) is 0 Å². The predicted octanol–water partition coefficient (Wildman–Crippen LogP) is 1.26. The number of hydrogen-bond donors (Lipinski definition) is 2. The molecule has 1 aromatic rings. The summed E-state index contributed by atoms with van der Waals surface area (Å²) in [6.07, 6.45) is 3.10. The molecule has 0 radical (unpaired) electrons. The number of nitrogens with one attached hydrogen (secondary N) is 2. The van der Waals surface area contributed by atoms with Crippen LogP contribution in [0.5, 0.6) is 11.5 Å². The second-order valence-electron chi connectivity index (χ2n) is 5.69. The van der Waals surface area contributed by atoms with Crippen molar-refractivity contribution in [1.29, 1.82) is 0 Å². The summed E-state index contributed by atoms with van der Waals surface area (Å²) >= 11 is 0. The van der Waals surface area contributed by atoms with Crippen molar-refractivity contribution in [3.8, 4) is 11.5 Å². The molecule has 1 heterocycles. The lowest BCUT2D eigenvalue weighted by molar-refractivity contribution is -0.122. The van der Waals surface area contributed by atoms with Crippen molar-refractivity contribution >= 4 is 5.91 Å². The zero-order valence-electron chi connectivity index (χ0n) is 12.4. The molecule has 114 valence electrons. The van der Waals surface area contributed by atoms with Gasteiger partial charge in [-0.3, -0.25) is 4.79 Å². The van der Waals surface area contributed by atoms with Crippen molar-refractivity contribution in [2.45, 2.75) is 38.3 Å². The fraction of sp³-hybridized carbons (Fsp3) is 0.562. The number of carbonyl (C=O) groups excluding carboxylic acids is 1. The third-order valence-corrected chi connectivity index (χ3v) is 3.79. The highest BCUT2D eigenvalue weighted by molar-refractivity contribution is 5.81. The van der Waals surface area contributed by atoms with Crippen LogP contribution in [0.3, 0.4) is 0 Å². The zero-order valence-corrected chi connectivity index (χ0v) is 12.4. The second kappa shape index (κ2) is 6.35. The lowest BCUT2D eigenvalue weighted by Crippen LogP contribution is -2.43. The van der Waals surface area contributed by atoms with Gasteiger partial charge >= 0.3 is 0 Å². The Morgan fingerprint density at radius 2 is 2.05 bits per heavy atom. The molecule has 1 aromatic carbocycles. The van der Waals surface area contributed by atoms with E-state index in [9.17, 15) is 4.79 Å². The maximum absolute atomic E-state index is 11.8. The van der Waals surface area contributed by atoms with E-state index in [1.54, 1.807) is 0 Å². The quantitative estimate of drug-likeness (QED) is 0.828. The molecule has 1 atom stereocenters. The monoisotopic (exact) mass is 290 g/mol. The Hall–Kier alpha value is -1.75. The fourth-order valence-electron chi connectivity index (χ4n) is 2.32. The summed E-state index contributed by atoms with van der Waals surface area (Å²) < 4.78 is 11.1. The van der Waals surface area contributed by atoms with Crippen LogP contribution in [0.25, 0.3) is 0 Å². The van der Waals surface area contributed by atoms with Gasteiger partial charge in [0.1, 0.15) is 13.2 Å². The van der Waals surface area contributed by atoms with Crippen molar-refractivity contribution in [1.82, 2.24) is 10.6 Å². The average molecular weight is 290 g/mol. The van der Waals surface area contributed by atoms with Gasteiger partial charge < -0.3 is 20.1 Å². The number of rotatable bonds is 6. The number of benzene rings is 1. The Morgan fingerprint density at radius 1 is 1.29 bits per heavy atom. The Kier molecular flexibility index (Phi) is 4.29. The van der Waals surface area contributed by atoms with Crippen LogP contribution >= 0.6 is 0 Å². The van der Waals surface area contributed by atoms with E-state index in [-0.39, 0.29) is 11.9 Å². The zero-order chi connectivity index (χ0) is 14.7. The topological polar surface area (TPSA) is 59.6 Å². The standard InChI is InChI=1S/C16H22N2O3/c1-11(16(19)18-13-3-4-13)17-7-6-12-2-5-14-15(10-12)21-9-8-20-14/h2,5,10-11,13,17H,3-4,6-9H2,1H3,(H,18,19). The van der Waals surface area contributed by atoms with Crippen molar-refractivity contribution in [2.24, 2.45) is 0 Å². The number of ether oxygens (including phenoxy) is 2. The van der Waals surface area contributed by atoms with E-state index in [0.29, 0.717) is 19.3 Å². The van der Waals surface area contributed by atoms with Crippen LogP contribution in [0.15, 0.2) is 18.2 Å². The van der Waals surface area contributed by atoms with Gasteiger partial charge in [-0.15, -0.1) is 0 Å². The van der Waals surface area contributed by atoms with Crippen LogP contribution in [0.4, 0.5) is 0 Å². The molecule has 2 aliphatic rings. The van der Waals surface area contributed by atoms with E-state index in [4.69, 9.17) is 9.47 Å². The average Bonchev–Trinajstić information content (AvgIpc) is 3.31. The molecule has 0 saturated heterocycles. The second-order valence-corrected chi connectivity index (χ2v) is 5.69. The molecule has 3 rings (SSSR count). The molecule has 2 N–H and O–H groups in total. The number of carbonyl (C=O) groups is 1. The summed E-state index contributed by atoms with van der Waals surface area (Å²) in [6.45, 7) is 3.88. The fourth-order valence-corrected chi connectivity index (χ4v) is 2.32. The molecule has 21 heavy (non-hydrogen) atoms. The first-order valence-corrected chi connectivity index (χ1v) is 7.64. The number of fused-ring (bicyclic) bond motifs is 1. The Balaban J connectivity index is 1.45. The summed E-state index contributed by atoms with van der Waals surface area (Å²) in [5, 5.41) is 6.27. The molecule has 0 bridgehead atoms. The summed E-state index contributed by atoms with van der Waals surface area (Å²) in [6, 6.07) is 6.28. The molecule has 0 aromatic heterocycles. The molecule has 1 aliphatic carbocycles. The van der Waals surface area contributed by atoms with Crippen molar-refractivity contribution in [3.05, 3.63) is 23.8 Å². The maximum Gasteiger partial charge on any atom is 0.237 e. The van der Waals surface area contributed by atoms with Crippen LogP contribution in [0.2, 0.25) is 0 Å². The molecule has 1 unspecified atom stereocenters. The first kappa shape index (κ1) is 14.2. The van der Waals surface area contributed by atoms with E-state index >= 15 is 0 Å². The van der Waals surface area contributed by atoms with E-state index in [0.717, 1.165) is 37.3 Å². The van der Waals surface area contributed by atoms with Gasteiger partial charge in [-0.2, -0.15) is 0 Å². The normalized spacial score (nSPS) is 18.1. The van der Waals surface area contributed by atoms with Gasteiger partial charge in [-0.1, -0.05) is 6.07 Å². The van der Waals surface area contributed by atoms with Crippen molar-refractivity contribution < 1.29 is 14.3 Å². The Labute approximate surface area is 125 Å². The summed E-state index contributed by atoms with van der Waals surface area (Å²) in [7, 11) is 0. The molecular weight excluding hydrogens is 268 g/mol. The van der Waals surface area contributed by atoms with E-state index < -0.39 is 0 Å². The van der Waals surface area contributed by atoms with E-state index in [1.807, 2.05) is 25.1 Å². The maximum atomic E-state index is 11.8. The van der Waals surface area contributed by atoms with Crippen LogP contribution in [-0.4, -0.2) is 37.7 Å². The first-order chi connectivity index (χ1) is 10.2. The minimum absolute atomic E-state index is 0.0969. The molecular formula is C16H22N2O3. The Morgan fingerprint density at radius 3 is 2.81 bits per heavy atom. The molecule has 5 nitrogen and oxygen atoms in total. The minimum Gasteiger partial charge on any atom is -0.486 e. The summed E-state index contributed by atoms with van der Waals surface area (Å²) in [5.74, 6) is 1.73. The van der Waals surface area contributed by atoms with Gasteiger partial charge in [0.05, 0.1) is 6.04 Å². The highest BCUT2D eigenvalue weighted by Crippen LogP contribution is 2.30. The molecule has 1 amide bonds. The van der Waals surface area contributed by atoms with Crippen molar-refractivity contribution in [2.75, 3.05) is 19.8 Å². The third-order valence-electron chi connectivity index (χ3n) is 3.79. The van der Waals surface area contributed by atoms with Gasteiger partial charge in [0, 0.05) is 6.04 Å². The van der Waals surface area contributed by atoms with Gasteiger partial charge in [0.25, 0.3) is 0 Å². The van der Waals surface area contributed by atoms with Crippen LogP contribution in [-0.2, 0) is 11.2 Å². The van der Waals surface area contributed by atoms with Crippen LogP contribution < -0.4 is 20.1 Å². The third kappa shape index (κ3) is 3.88. The highest BCUT2D eigenvalue weighted by atomic mass is 16.6. The molecule has 5 heteroatoms. The van der Waals surface area contributed by atoms with Gasteiger partial charge in [-0.25, -0.2) is 0 Å². The lowest BCUT2D eigenvalue weighted by atomic mass is 10.1. The molecule has 0 spiro atoms. The van der Waals surface area contributed by atoms with Gasteiger partial charge in [-0.05, 0) is 50.4 Å². The van der Waals surface area contributed by atoms with Crippen LogP contribution in [0.1, 0.15) is 25.3 Å². The van der Waals surface area contributed by atoms with E-state index in [1.165, 1.54) is 5.56 Å². The summed E-state index contributed by atoms with van der Waals surface area (Å²) in [4.78, 5) is 11.8. The Bertz CT molecular complexity index is 514. The molecule has 1 aliphatic heterocycles. The van der Waals surface area contributed by atoms with E-state index in [2.05, 4.69) is 10.6 Å². The first-order valence-electron chi connectivity index (χ1n) is 7.64. The number of hydrogen-bond acceptors (Lipinski definition) is 4. The molecule has 1 fully saturated rings. The largest absolute Gasteiger partial charge is 0.486 e. The SMILES string of the molecule is CC(NCCc1ccc2c(c1)OCCO2)C(=O)NC1CC1. The lowest BCUT2D eigenvalue weighted by Gasteiger charge is -2.19. The van der Waals surface area contributed by atoms with Crippen molar-refractivity contribution in [3.63, 3.8) is 0 Å². The smallest absolute Gasteiger partial charge is 0.237 e. The molecule has 1 saturated carbocycles. The predicted molar refractivity (Wildman–Crippen MR) is 79.8 cm³/mol. The summed E-state index contributed by atoms with van der Waals surface area (Å²) in [5.41, 5.74) is 1.18. The van der Waals surface area contributed by atoms with Gasteiger partial charge in [0.15, 0.2) is 11.5 Å². The minimum atomic E-state index is -0.150. The van der Waals surface area contributed by atoms with Gasteiger partial charge in [0.2, 0.25) is 5.91 Å². The number of amides is 1. The highest BCUT2D eigenvalue weighted by Gasteiger charge is 2.25.